The van der Waals surface area contributed by atoms with E-state index in [4.69, 9.17) is 0 Å². The molecule has 0 aliphatic carbocycles. The van der Waals surface area contributed by atoms with Crippen molar-refractivity contribution in [2.24, 2.45) is 0 Å². The van der Waals surface area contributed by atoms with E-state index in [2.05, 4.69) is 0 Å². The van der Waals surface area contributed by atoms with Crippen LogP contribution in [0.4, 0.5) is 0 Å². The summed E-state index contributed by atoms with van der Waals surface area (Å²) in [7, 11) is 0. The van der Waals surface area contributed by atoms with Crippen molar-refractivity contribution >= 4 is 0 Å². The molecule has 0 saturated heterocycles. The highest BCUT2D eigenvalue weighted by atomic mass is 16.3. The fourth-order valence-corrected chi connectivity index (χ4v) is 2.89. The van der Waals surface area contributed by atoms with Crippen LogP contribution in [-0.4, -0.2) is 10.2 Å². The molecule has 2 nitrogen and oxygen atoms in total. The monoisotopic (exact) mass is 318 g/mol. The standard InChI is InChI=1S/C22H22O2/c23-21(18-9-3-1-4-10-18)15-14-17-8-7-13-20(16-17)22(24)19-11-5-2-6-12-19/h1-13,16,21-24H,14-15H2. The summed E-state index contributed by atoms with van der Waals surface area (Å²) in [5, 5.41) is 20.8. The smallest absolute Gasteiger partial charge is 0.104 e. The molecule has 3 aromatic rings. The Morgan fingerprint density at radius 2 is 1.21 bits per heavy atom. The van der Waals surface area contributed by atoms with Crippen molar-refractivity contribution in [1.29, 1.82) is 0 Å². The molecule has 24 heavy (non-hydrogen) atoms. The van der Waals surface area contributed by atoms with Crippen molar-refractivity contribution in [3.8, 4) is 0 Å². The predicted molar refractivity (Wildman–Crippen MR) is 96.7 cm³/mol. The molecule has 2 unspecified atom stereocenters. The maximum atomic E-state index is 10.5. The van der Waals surface area contributed by atoms with E-state index >= 15 is 0 Å². The maximum Gasteiger partial charge on any atom is 0.104 e. The fourth-order valence-electron chi connectivity index (χ4n) is 2.89. The molecule has 0 amide bonds. The molecule has 0 heterocycles. The van der Waals surface area contributed by atoms with Gasteiger partial charge in [0.1, 0.15) is 6.10 Å². The van der Waals surface area contributed by atoms with Gasteiger partial charge in [0.25, 0.3) is 0 Å². The third-order valence-electron chi connectivity index (χ3n) is 4.27. The summed E-state index contributed by atoms with van der Waals surface area (Å²) in [6.07, 6.45) is 0.347. The molecular formula is C22H22O2. The van der Waals surface area contributed by atoms with Gasteiger partial charge in [-0.3, -0.25) is 0 Å². The number of hydrogen-bond donors (Lipinski definition) is 2. The van der Waals surface area contributed by atoms with Crippen LogP contribution < -0.4 is 0 Å². The number of aliphatic hydroxyl groups excluding tert-OH is 2. The van der Waals surface area contributed by atoms with Gasteiger partial charge in [0.15, 0.2) is 0 Å². The van der Waals surface area contributed by atoms with Gasteiger partial charge in [-0.05, 0) is 35.1 Å². The Morgan fingerprint density at radius 3 is 1.88 bits per heavy atom. The molecule has 0 bridgehead atoms. The highest BCUT2D eigenvalue weighted by molar-refractivity contribution is 5.32. The zero-order chi connectivity index (χ0) is 16.8. The number of aliphatic hydroxyl groups is 2. The van der Waals surface area contributed by atoms with Crippen LogP contribution in [0.15, 0.2) is 84.9 Å². The first-order valence-corrected chi connectivity index (χ1v) is 8.29. The van der Waals surface area contributed by atoms with Gasteiger partial charge in [0, 0.05) is 0 Å². The first kappa shape index (κ1) is 16.4. The molecule has 0 aliphatic rings. The zero-order valence-corrected chi connectivity index (χ0v) is 13.5. The second kappa shape index (κ2) is 7.91. The lowest BCUT2D eigenvalue weighted by Crippen LogP contribution is -2.02. The van der Waals surface area contributed by atoms with Crippen LogP contribution in [0.2, 0.25) is 0 Å². The molecule has 3 rings (SSSR count). The van der Waals surface area contributed by atoms with Gasteiger partial charge in [-0.2, -0.15) is 0 Å². The highest BCUT2D eigenvalue weighted by Gasteiger charge is 2.11. The van der Waals surface area contributed by atoms with Gasteiger partial charge < -0.3 is 10.2 Å². The van der Waals surface area contributed by atoms with Gasteiger partial charge in [-0.15, -0.1) is 0 Å². The van der Waals surface area contributed by atoms with E-state index in [1.165, 1.54) is 0 Å². The molecular weight excluding hydrogens is 296 g/mol. The second-order valence-corrected chi connectivity index (χ2v) is 6.02. The molecule has 0 radical (unpaired) electrons. The Morgan fingerprint density at radius 1 is 0.625 bits per heavy atom. The van der Waals surface area contributed by atoms with Crippen LogP contribution in [0.1, 0.15) is 40.9 Å². The summed E-state index contributed by atoms with van der Waals surface area (Å²) in [4.78, 5) is 0. The van der Waals surface area contributed by atoms with E-state index in [0.29, 0.717) is 6.42 Å². The van der Waals surface area contributed by atoms with Gasteiger partial charge in [0.2, 0.25) is 0 Å². The quantitative estimate of drug-likeness (QED) is 0.705. The number of rotatable bonds is 6. The first-order chi connectivity index (χ1) is 11.7. The summed E-state index contributed by atoms with van der Waals surface area (Å²) in [5.74, 6) is 0. The lowest BCUT2D eigenvalue weighted by atomic mass is 9.96. The summed E-state index contributed by atoms with van der Waals surface area (Å²) >= 11 is 0. The van der Waals surface area contributed by atoms with Crippen LogP contribution in [0, 0.1) is 0 Å². The topological polar surface area (TPSA) is 40.5 Å². The minimum atomic E-state index is -0.620. The third-order valence-corrected chi connectivity index (χ3v) is 4.27. The van der Waals surface area contributed by atoms with Crippen molar-refractivity contribution in [3.63, 3.8) is 0 Å². The van der Waals surface area contributed by atoms with Crippen LogP contribution in [0.3, 0.4) is 0 Å². The molecule has 2 N–H and O–H groups in total. The molecule has 0 aliphatic heterocycles. The van der Waals surface area contributed by atoms with Crippen LogP contribution in [0.5, 0.6) is 0 Å². The minimum Gasteiger partial charge on any atom is -0.388 e. The van der Waals surface area contributed by atoms with Gasteiger partial charge >= 0.3 is 0 Å². The van der Waals surface area contributed by atoms with Crippen molar-refractivity contribution in [2.75, 3.05) is 0 Å². The first-order valence-electron chi connectivity index (χ1n) is 8.29. The Kier molecular flexibility index (Phi) is 5.42. The molecule has 0 fully saturated rings. The largest absolute Gasteiger partial charge is 0.388 e. The van der Waals surface area contributed by atoms with Gasteiger partial charge in [-0.1, -0.05) is 84.9 Å². The zero-order valence-electron chi connectivity index (χ0n) is 13.5. The van der Waals surface area contributed by atoms with Crippen molar-refractivity contribution < 1.29 is 10.2 Å². The third kappa shape index (κ3) is 4.10. The molecule has 3 aromatic carbocycles. The Balaban J connectivity index is 1.67. The van der Waals surface area contributed by atoms with E-state index in [-0.39, 0.29) is 0 Å². The summed E-state index contributed by atoms with van der Waals surface area (Å²) < 4.78 is 0. The van der Waals surface area contributed by atoms with Crippen molar-refractivity contribution in [2.45, 2.75) is 25.0 Å². The normalized spacial score (nSPS) is 13.4. The van der Waals surface area contributed by atoms with Crippen LogP contribution in [0.25, 0.3) is 0 Å². The average Bonchev–Trinajstić information content (AvgIpc) is 2.67. The number of hydrogen-bond acceptors (Lipinski definition) is 2. The van der Waals surface area contributed by atoms with Crippen molar-refractivity contribution in [1.82, 2.24) is 0 Å². The molecule has 0 aromatic heterocycles. The van der Waals surface area contributed by atoms with Crippen LogP contribution in [-0.2, 0) is 6.42 Å². The maximum absolute atomic E-state index is 10.5. The molecule has 0 saturated carbocycles. The van der Waals surface area contributed by atoms with Gasteiger partial charge in [-0.25, -0.2) is 0 Å². The van der Waals surface area contributed by atoms with E-state index in [1.54, 1.807) is 0 Å². The van der Waals surface area contributed by atoms with Crippen molar-refractivity contribution in [3.05, 3.63) is 107 Å². The molecule has 0 spiro atoms. The second-order valence-electron chi connectivity index (χ2n) is 6.02. The number of benzene rings is 3. The Bertz CT molecular complexity index is 753. The average molecular weight is 318 g/mol. The lowest BCUT2D eigenvalue weighted by Gasteiger charge is -2.14. The van der Waals surface area contributed by atoms with Crippen LogP contribution >= 0.6 is 0 Å². The highest BCUT2D eigenvalue weighted by Crippen LogP contribution is 2.24. The Hall–Kier alpha value is -2.42. The molecule has 2 heteroatoms. The summed E-state index contributed by atoms with van der Waals surface area (Å²) in [5.41, 5.74) is 3.84. The summed E-state index contributed by atoms with van der Waals surface area (Å²) in [6.45, 7) is 0. The Labute approximate surface area is 143 Å². The van der Waals surface area contributed by atoms with E-state index in [9.17, 15) is 10.2 Å². The number of aryl methyl sites for hydroxylation is 1. The molecule has 2 atom stereocenters. The van der Waals surface area contributed by atoms with E-state index in [0.717, 1.165) is 28.7 Å². The minimum absolute atomic E-state index is 0.464. The lowest BCUT2D eigenvalue weighted by molar-refractivity contribution is 0.168. The van der Waals surface area contributed by atoms with E-state index < -0.39 is 12.2 Å². The SMILES string of the molecule is OC(CCc1cccc(C(O)c2ccccc2)c1)c1ccccc1. The molecule has 122 valence electrons. The fraction of sp³-hybridized carbons (Fsp3) is 0.182. The summed E-state index contributed by atoms with van der Waals surface area (Å²) in [6, 6.07) is 27.3. The predicted octanol–water partition coefficient (Wildman–Crippen LogP) is 4.43. The van der Waals surface area contributed by atoms with Gasteiger partial charge in [0.05, 0.1) is 6.10 Å². The van der Waals surface area contributed by atoms with E-state index in [1.807, 2.05) is 84.9 Å².